The normalized spacial score (nSPS) is 20.3. The predicted octanol–water partition coefficient (Wildman–Crippen LogP) is 0.893. The Bertz CT molecular complexity index is 590. The first-order valence-electron chi connectivity index (χ1n) is 7.94. The maximum atomic E-state index is 12.2. The van der Waals surface area contributed by atoms with Gasteiger partial charge in [0.25, 0.3) is 5.91 Å². The van der Waals surface area contributed by atoms with Crippen molar-refractivity contribution < 1.29 is 24.2 Å². The number of ether oxygens (including phenoxy) is 1. The fourth-order valence-corrected chi connectivity index (χ4v) is 2.67. The number of hydrogen-bond donors (Lipinski definition) is 2. The Labute approximate surface area is 140 Å². The van der Waals surface area contributed by atoms with Crippen LogP contribution in [0.4, 0.5) is 0 Å². The van der Waals surface area contributed by atoms with Crippen molar-refractivity contribution in [3.8, 4) is 5.75 Å². The minimum absolute atomic E-state index is 0.198. The highest BCUT2D eigenvalue weighted by Gasteiger charge is 2.34. The van der Waals surface area contributed by atoms with Crippen molar-refractivity contribution in [3.63, 3.8) is 0 Å². The van der Waals surface area contributed by atoms with Gasteiger partial charge in [-0.3, -0.25) is 9.59 Å². The topological polar surface area (TPSA) is 95.9 Å². The first kappa shape index (κ1) is 17.8. The van der Waals surface area contributed by atoms with Crippen molar-refractivity contribution in [3.05, 3.63) is 30.3 Å². The molecule has 2 atom stereocenters. The van der Waals surface area contributed by atoms with Crippen LogP contribution in [0.5, 0.6) is 5.75 Å². The summed E-state index contributed by atoms with van der Waals surface area (Å²) in [5, 5.41) is 11.7. The average molecular weight is 334 g/mol. The van der Waals surface area contributed by atoms with E-state index >= 15 is 0 Å². The van der Waals surface area contributed by atoms with E-state index in [9.17, 15) is 19.5 Å². The highest BCUT2D eigenvalue weighted by molar-refractivity contribution is 5.88. The second-order valence-electron chi connectivity index (χ2n) is 5.95. The minimum Gasteiger partial charge on any atom is -0.484 e. The number of carboxylic acids is 1. The number of piperidine rings is 1. The van der Waals surface area contributed by atoms with Gasteiger partial charge in [0.2, 0.25) is 5.91 Å². The van der Waals surface area contributed by atoms with Crippen molar-refractivity contribution in [1.82, 2.24) is 10.2 Å². The summed E-state index contributed by atoms with van der Waals surface area (Å²) in [7, 11) is 0. The fraction of sp³-hybridized carbons (Fsp3) is 0.471. The maximum Gasteiger partial charge on any atom is 0.326 e. The second kappa shape index (κ2) is 8.33. The number of carbonyl (C=O) groups is 3. The Morgan fingerprint density at radius 1 is 1.29 bits per heavy atom. The van der Waals surface area contributed by atoms with E-state index in [1.807, 2.05) is 13.0 Å². The van der Waals surface area contributed by atoms with Crippen LogP contribution in [0.3, 0.4) is 0 Å². The van der Waals surface area contributed by atoms with E-state index in [-0.39, 0.29) is 25.0 Å². The molecule has 0 aliphatic carbocycles. The number of carboxylic acid groups (broad SMARTS) is 1. The van der Waals surface area contributed by atoms with Crippen molar-refractivity contribution >= 4 is 17.8 Å². The molecule has 2 unspecified atom stereocenters. The minimum atomic E-state index is -1.01. The lowest BCUT2D eigenvalue weighted by molar-refractivity contribution is -0.152. The molecule has 1 aromatic rings. The third kappa shape index (κ3) is 4.97. The third-order valence-corrected chi connectivity index (χ3v) is 4.02. The molecule has 1 heterocycles. The molecule has 0 saturated carbocycles. The summed E-state index contributed by atoms with van der Waals surface area (Å²) in [4.78, 5) is 36.6. The van der Waals surface area contributed by atoms with Crippen LogP contribution in [0.25, 0.3) is 0 Å². The summed E-state index contributed by atoms with van der Waals surface area (Å²) in [5.74, 6) is -0.987. The number of benzene rings is 1. The van der Waals surface area contributed by atoms with E-state index in [2.05, 4.69) is 5.32 Å². The molecular formula is C17H22N2O5. The van der Waals surface area contributed by atoms with Gasteiger partial charge in [-0.25, -0.2) is 4.79 Å². The smallest absolute Gasteiger partial charge is 0.326 e. The highest BCUT2D eigenvalue weighted by atomic mass is 16.5. The first-order valence-corrected chi connectivity index (χ1v) is 7.94. The summed E-state index contributed by atoms with van der Waals surface area (Å²) in [6, 6.07) is 8.05. The number of para-hydroxylation sites is 1. The number of nitrogens with zero attached hydrogens (tertiary/aromatic N) is 1. The lowest BCUT2D eigenvalue weighted by Gasteiger charge is -2.36. The molecule has 1 aliphatic rings. The summed E-state index contributed by atoms with van der Waals surface area (Å²) < 4.78 is 5.29. The van der Waals surface area contributed by atoms with Gasteiger partial charge in [-0.05, 0) is 30.9 Å². The zero-order valence-electron chi connectivity index (χ0n) is 13.6. The van der Waals surface area contributed by atoms with Crippen LogP contribution in [-0.2, 0) is 14.4 Å². The van der Waals surface area contributed by atoms with Gasteiger partial charge < -0.3 is 20.1 Å². The van der Waals surface area contributed by atoms with Crippen LogP contribution >= 0.6 is 0 Å². The van der Waals surface area contributed by atoms with Gasteiger partial charge in [0.05, 0.1) is 6.54 Å². The number of amides is 2. The summed E-state index contributed by atoms with van der Waals surface area (Å²) in [6.07, 6.45) is 1.20. The average Bonchev–Trinajstić information content (AvgIpc) is 2.58. The molecule has 7 nitrogen and oxygen atoms in total. The van der Waals surface area contributed by atoms with Crippen LogP contribution in [0.15, 0.2) is 30.3 Å². The van der Waals surface area contributed by atoms with Crippen molar-refractivity contribution in [1.29, 1.82) is 0 Å². The Morgan fingerprint density at radius 3 is 2.67 bits per heavy atom. The standard InChI is InChI=1S/C17H22N2O5/c1-12-7-8-19(14(9-12)17(22)23)16(21)10-18-15(20)11-24-13-5-3-2-4-6-13/h2-6,12,14H,7-11H2,1H3,(H,18,20)(H,22,23). The molecule has 0 aromatic heterocycles. The quantitative estimate of drug-likeness (QED) is 0.805. The van der Waals surface area contributed by atoms with Crippen molar-refractivity contribution in [2.75, 3.05) is 19.7 Å². The molecule has 2 amide bonds. The van der Waals surface area contributed by atoms with E-state index in [1.54, 1.807) is 24.3 Å². The van der Waals surface area contributed by atoms with Gasteiger partial charge in [0.1, 0.15) is 11.8 Å². The summed E-state index contributed by atoms with van der Waals surface area (Å²) >= 11 is 0. The lowest BCUT2D eigenvalue weighted by atomic mass is 9.92. The first-order chi connectivity index (χ1) is 11.5. The molecule has 7 heteroatoms. The molecule has 1 saturated heterocycles. The zero-order chi connectivity index (χ0) is 17.5. The molecule has 130 valence electrons. The number of carbonyl (C=O) groups excluding carboxylic acids is 2. The summed E-state index contributed by atoms with van der Waals surface area (Å²) in [5.41, 5.74) is 0. The molecule has 24 heavy (non-hydrogen) atoms. The molecule has 0 radical (unpaired) electrons. The van der Waals surface area contributed by atoms with Gasteiger partial charge in [-0.15, -0.1) is 0 Å². The van der Waals surface area contributed by atoms with Gasteiger partial charge in [0.15, 0.2) is 6.61 Å². The molecular weight excluding hydrogens is 312 g/mol. The van der Waals surface area contributed by atoms with Crippen LogP contribution in [0.1, 0.15) is 19.8 Å². The van der Waals surface area contributed by atoms with Crippen LogP contribution in [0, 0.1) is 5.92 Å². The fourth-order valence-electron chi connectivity index (χ4n) is 2.67. The number of aliphatic carboxylic acids is 1. The van der Waals surface area contributed by atoms with Crippen LogP contribution in [-0.4, -0.2) is 53.5 Å². The lowest BCUT2D eigenvalue weighted by Crippen LogP contribution is -2.52. The number of likely N-dealkylation sites (tertiary alicyclic amines) is 1. The van der Waals surface area contributed by atoms with E-state index in [0.717, 1.165) is 6.42 Å². The van der Waals surface area contributed by atoms with Gasteiger partial charge in [0, 0.05) is 6.54 Å². The van der Waals surface area contributed by atoms with E-state index in [1.165, 1.54) is 4.90 Å². The number of rotatable bonds is 6. The Kier molecular flexibility index (Phi) is 6.17. The molecule has 2 N–H and O–H groups in total. The van der Waals surface area contributed by atoms with Crippen LogP contribution in [0.2, 0.25) is 0 Å². The van der Waals surface area contributed by atoms with Gasteiger partial charge in [-0.2, -0.15) is 0 Å². The number of nitrogens with one attached hydrogen (secondary N) is 1. The van der Waals surface area contributed by atoms with E-state index in [4.69, 9.17) is 4.74 Å². The van der Waals surface area contributed by atoms with Gasteiger partial charge >= 0.3 is 5.97 Å². The largest absolute Gasteiger partial charge is 0.484 e. The zero-order valence-corrected chi connectivity index (χ0v) is 13.6. The maximum absolute atomic E-state index is 12.2. The monoisotopic (exact) mass is 334 g/mol. The SMILES string of the molecule is CC1CCN(C(=O)CNC(=O)COc2ccccc2)C(C(=O)O)C1. The van der Waals surface area contributed by atoms with Crippen molar-refractivity contribution in [2.45, 2.75) is 25.8 Å². The molecule has 1 aromatic carbocycles. The van der Waals surface area contributed by atoms with E-state index < -0.39 is 17.9 Å². The van der Waals surface area contributed by atoms with Crippen LogP contribution < -0.4 is 10.1 Å². The molecule has 0 bridgehead atoms. The van der Waals surface area contributed by atoms with Crippen molar-refractivity contribution in [2.24, 2.45) is 5.92 Å². The number of hydrogen-bond acceptors (Lipinski definition) is 4. The molecule has 0 spiro atoms. The van der Waals surface area contributed by atoms with E-state index in [0.29, 0.717) is 18.7 Å². The summed E-state index contributed by atoms with van der Waals surface area (Å²) in [6.45, 7) is 1.94. The molecule has 2 rings (SSSR count). The third-order valence-electron chi connectivity index (χ3n) is 4.02. The molecule has 1 aliphatic heterocycles. The Balaban J connectivity index is 1.79. The Morgan fingerprint density at radius 2 is 2.00 bits per heavy atom. The van der Waals surface area contributed by atoms with Gasteiger partial charge in [-0.1, -0.05) is 25.1 Å². The molecule has 1 fully saturated rings. The highest BCUT2D eigenvalue weighted by Crippen LogP contribution is 2.22. The second-order valence-corrected chi connectivity index (χ2v) is 5.95. The Hall–Kier alpha value is -2.57. The predicted molar refractivity (Wildman–Crippen MR) is 86.5 cm³/mol.